The summed E-state index contributed by atoms with van der Waals surface area (Å²) in [5, 5.41) is 0. The van der Waals surface area contributed by atoms with Gasteiger partial charge in [-0.25, -0.2) is 0 Å². The van der Waals surface area contributed by atoms with Crippen molar-refractivity contribution in [3.8, 4) is 0 Å². The Morgan fingerprint density at radius 1 is 1.62 bits per heavy atom. The van der Waals surface area contributed by atoms with Crippen molar-refractivity contribution >= 4 is 5.97 Å². The molecule has 1 aliphatic heterocycles. The van der Waals surface area contributed by atoms with Crippen LogP contribution in [-0.2, 0) is 9.53 Å². The third kappa shape index (κ3) is 4.10. The molecule has 2 N–H and O–H groups in total. The molecule has 2 atom stereocenters. The van der Waals surface area contributed by atoms with Crippen LogP contribution in [0.25, 0.3) is 0 Å². The Bertz CT molecular complexity index is 221. The van der Waals surface area contributed by atoms with Crippen LogP contribution in [0.5, 0.6) is 0 Å². The third-order valence-electron chi connectivity index (χ3n) is 3.44. The van der Waals surface area contributed by atoms with E-state index in [1.165, 1.54) is 26.4 Å². The molecule has 0 radical (unpaired) electrons. The number of ether oxygens (including phenoxy) is 1. The van der Waals surface area contributed by atoms with E-state index in [1.54, 1.807) is 0 Å². The van der Waals surface area contributed by atoms with Crippen LogP contribution in [0.3, 0.4) is 0 Å². The number of carbonyl (C=O) groups is 1. The molecule has 4 heteroatoms. The largest absolute Gasteiger partial charge is 0.468 e. The zero-order valence-electron chi connectivity index (χ0n) is 10.4. The molecular formula is C12H24N2O2. The Kier molecular flexibility index (Phi) is 5.77. The standard InChI is InChI=1S/C12H24N2O2/c1-3-10-5-4-7-14(9-10)8-6-11(13)12(15)16-2/h10-11H,3-9,13H2,1-2H3. The molecule has 2 unspecified atom stereocenters. The smallest absolute Gasteiger partial charge is 0.322 e. The van der Waals surface area contributed by atoms with Gasteiger partial charge in [-0.15, -0.1) is 0 Å². The van der Waals surface area contributed by atoms with Crippen molar-refractivity contribution in [3.05, 3.63) is 0 Å². The number of esters is 1. The summed E-state index contributed by atoms with van der Waals surface area (Å²) in [4.78, 5) is 13.6. The van der Waals surface area contributed by atoms with Gasteiger partial charge in [0.15, 0.2) is 0 Å². The molecule has 0 aromatic carbocycles. The monoisotopic (exact) mass is 228 g/mol. The molecule has 4 nitrogen and oxygen atoms in total. The highest BCUT2D eigenvalue weighted by atomic mass is 16.5. The van der Waals surface area contributed by atoms with Gasteiger partial charge < -0.3 is 15.4 Å². The molecule has 1 heterocycles. The first-order chi connectivity index (χ1) is 7.67. The Balaban J connectivity index is 2.24. The summed E-state index contributed by atoms with van der Waals surface area (Å²) < 4.78 is 4.61. The summed E-state index contributed by atoms with van der Waals surface area (Å²) in [6.45, 7) is 5.45. The second-order valence-corrected chi connectivity index (χ2v) is 4.64. The zero-order chi connectivity index (χ0) is 12.0. The van der Waals surface area contributed by atoms with E-state index in [4.69, 9.17) is 5.73 Å². The van der Waals surface area contributed by atoms with Crippen LogP contribution in [0.1, 0.15) is 32.6 Å². The van der Waals surface area contributed by atoms with E-state index in [0.29, 0.717) is 6.42 Å². The predicted molar refractivity (Wildman–Crippen MR) is 64.1 cm³/mol. The number of rotatable bonds is 5. The number of nitrogens with two attached hydrogens (primary N) is 1. The summed E-state index contributed by atoms with van der Waals surface area (Å²) in [6.07, 6.45) is 4.56. The zero-order valence-corrected chi connectivity index (χ0v) is 10.4. The minimum Gasteiger partial charge on any atom is -0.468 e. The van der Waals surface area contributed by atoms with Gasteiger partial charge in [-0.3, -0.25) is 4.79 Å². The molecule has 16 heavy (non-hydrogen) atoms. The maximum absolute atomic E-state index is 11.1. The summed E-state index contributed by atoms with van der Waals surface area (Å²) >= 11 is 0. The van der Waals surface area contributed by atoms with Crippen LogP contribution < -0.4 is 5.73 Å². The topological polar surface area (TPSA) is 55.6 Å². The number of piperidine rings is 1. The number of hydrogen-bond acceptors (Lipinski definition) is 4. The van der Waals surface area contributed by atoms with Gasteiger partial charge in [0.2, 0.25) is 0 Å². The van der Waals surface area contributed by atoms with Gasteiger partial charge in [-0.1, -0.05) is 13.3 Å². The molecule has 1 fully saturated rings. The van der Waals surface area contributed by atoms with Crippen LogP contribution in [0.4, 0.5) is 0 Å². The lowest BCUT2D eigenvalue weighted by molar-refractivity contribution is -0.142. The Morgan fingerprint density at radius 2 is 2.38 bits per heavy atom. The summed E-state index contributed by atoms with van der Waals surface area (Å²) in [5.74, 6) is 0.521. The maximum atomic E-state index is 11.1. The molecule has 0 aromatic heterocycles. The first-order valence-electron chi connectivity index (χ1n) is 6.23. The molecule has 94 valence electrons. The summed E-state index contributed by atoms with van der Waals surface area (Å²) in [7, 11) is 1.39. The average molecular weight is 228 g/mol. The maximum Gasteiger partial charge on any atom is 0.322 e. The second-order valence-electron chi connectivity index (χ2n) is 4.64. The SMILES string of the molecule is CCC1CCCN(CCC(N)C(=O)OC)C1. The molecule has 0 bridgehead atoms. The van der Waals surface area contributed by atoms with Crippen LogP contribution in [0.2, 0.25) is 0 Å². The fraction of sp³-hybridized carbons (Fsp3) is 0.917. The average Bonchev–Trinajstić information content (AvgIpc) is 2.35. The minimum atomic E-state index is -0.466. The quantitative estimate of drug-likeness (QED) is 0.713. The van der Waals surface area contributed by atoms with Crippen molar-refractivity contribution < 1.29 is 9.53 Å². The second kappa shape index (κ2) is 6.86. The van der Waals surface area contributed by atoms with E-state index < -0.39 is 6.04 Å². The fourth-order valence-corrected chi connectivity index (χ4v) is 2.28. The highest BCUT2D eigenvalue weighted by Crippen LogP contribution is 2.19. The summed E-state index contributed by atoms with van der Waals surface area (Å²) in [5.41, 5.74) is 5.71. The normalized spacial score (nSPS) is 24.1. The van der Waals surface area contributed by atoms with Crippen molar-refractivity contribution in [2.45, 2.75) is 38.6 Å². The van der Waals surface area contributed by atoms with E-state index >= 15 is 0 Å². The number of nitrogens with zero attached hydrogens (tertiary/aromatic N) is 1. The van der Waals surface area contributed by atoms with Crippen LogP contribution in [0.15, 0.2) is 0 Å². The Labute approximate surface area is 98.1 Å². The molecule has 1 rings (SSSR count). The Hall–Kier alpha value is -0.610. The Morgan fingerprint density at radius 3 is 3.00 bits per heavy atom. The molecule has 0 spiro atoms. The lowest BCUT2D eigenvalue weighted by Gasteiger charge is -2.32. The van der Waals surface area contributed by atoms with Gasteiger partial charge in [0.1, 0.15) is 6.04 Å². The van der Waals surface area contributed by atoms with Crippen molar-refractivity contribution in [2.24, 2.45) is 11.7 Å². The van der Waals surface area contributed by atoms with Crippen molar-refractivity contribution in [1.82, 2.24) is 4.90 Å². The lowest BCUT2D eigenvalue weighted by atomic mass is 9.95. The van der Waals surface area contributed by atoms with Crippen molar-refractivity contribution in [3.63, 3.8) is 0 Å². The number of hydrogen-bond donors (Lipinski definition) is 1. The van der Waals surface area contributed by atoms with Gasteiger partial charge >= 0.3 is 5.97 Å². The highest BCUT2D eigenvalue weighted by molar-refractivity contribution is 5.75. The van der Waals surface area contributed by atoms with E-state index in [1.807, 2.05) is 0 Å². The number of methoxy groups -OCH3 is 1. The molecular weight excluding hydrogens is 204 g/mol. The van der Waals surface area contributed by atoms with E-state index in [9.17, 15) is 4.79 Å². The van der Waals surface area contributed by atoms with Gasteiger partial charge in [-0.05, 0) is 31.7 Å². The van der Waals surface area contributed by atoms with Crippen LogP contribution in [-0.4, -0.2) is 43.7 Å². The van der Waals surface area contributed by atoms with Crippen molar-refractivity contribution in [2.75, 3.05) is 26.7 Å². The first-order valence-corrected chi connectivity index (χ1v) is 6.23. The van der Waals surface area contributed by atoms with E-state index in [0.717, 1.165) is 25.6 Å². The van der Waals surface area contributed by atoms with E-state index in [2.05, 4.69) is 16.6 Å². The van der Waals surface area contributed by atoms with Gasteiger partial charge in [0, 0.05) is 13.1 Å². The van der Waals surface area contributed by atoms with Gasteiger partial charge in [0.25, 0.3) is 0 Å². The number of carbonyl (C=O) groups excluding carboxylic acids is 1. The molecule has 0 saturated carbocycles. The molecule has 0 aliphatic carbocycles. The van der Waals surface area contributed by atoms with Gasteiger partial charge in [0.05, 0.1) is 7.11 Å². The lowest BCUT2D eigenvalue weighted by Crippen LogP contribution is -2.40. The van der Waals surface area contributed by atoms with Crippen LogP contribution in [0, 0.1) is 5.92 Å². The highest BCUT2D eigenvalue weighted by Gasteiger charge is 2.20. The molecule has 0 amide bonds. The van der Waals surface area contributed by atoms with Gasteiger partial charge in [-0.2, -0.15) is 0 Å². The molecule has 1 saturated heterocycles. The van der Waals surface area contributed by atoms with E-state index in [-0.39, 0.29) is 5.97 Å². The molecule has 1 aliphatic rings. The number of likely N-dealkylation sites (tertiary alicyclic amines) is 1. The predicted octanol–water partition coefficient (Wildman–Crippen LogP) is 0.999. The van der Waals surface area contributed by atoms with Crippen LogP contribution >= 0.6 is 0 Å². The fourth-order valence-electron chi connectivity index (χ4n) is 2.28. The van der Waals surface area contributed by atoms with Crippen molar-refractivity contribution in [1.29, 1.82) is 0 Å². The molecule has 0 aromatic rings. The minimum absolute atomic E-state index is 0.302. The first kappa shape index (κ1) is 13.5. The summed E-state index contributed by atoms with van der Waals surface area (Å²) in [6, 6.07) is -0.466. The third-order valence-corrected chi connectivity index (χ3v) is 3.44.